The van der Waals surface area contributed by atoms with Crippen molar-refractivity contribution in [2.45, 2.75) is 19.0 Å². The maximum absolute atomic E-state index is 13.0. The van der Waals surface area contributed by atoms with Crippen molar-refractivity contribution in [3.8, 4) is 10.4 Å². The number of thiophene rings is 2. The number of aryl methyl sites for hydroxylation is 2. The molecule has 1 amide bonds. The monoisotopic (exact) mass is 475 g/mol. The Balaban J connectivity index is 1.56. The molecule has 0 saturated heterocycles. The largest absolute Gasteiger partial charge is 0.324 e. The van der Waals surface area contributed by atoms with Gasteiger partial charge < -0.3 is 5.32 Å². The molecule has 4 aromatic rings. The van der Waals surface area contributed by atoms with Gasteiger partial charge in [-0.15, -0.1) is 22.7 Å². The van der Waals surface area contributed by atoms with Crippen molar-refractivity contribution in [1.29, 1.82) is 0 Å². The fourth-order valence-corrected chi connectivity index (χ4v) is 6.12. The fourth-order valence-electron chi connectivity index (χ4n) is 3.18. The summed E-state index contributed by atoms with van der Waals surface area (Å²) in [5.41, 5.74) is 3.37. The second-order valence-electron chi connectivity index (χ2n) is 6.84. The van der Waals surface area contributed by atoms with Crippen molar-refractivity contribution in [3.05, 3.63) is 61.5 Å². The van der Waals surface area contributed by atoms with Gasteiger partial charge in [-0.1, -0.05) is 35.5 Å². The summed E-state index contributed by atoms with van der Waals surface area (Å²) in [7, 11) is 1.69. The minimum Gasteiger partial charge on any atom is -0.324 e. The lowest BCUT2D eigenvalue weighted by Gasteiger charge is -2.12. The molecule has 0 atom stereocenters. The quantitative estimate of drug-likeness (QED) is 0.296. The average Bonchev–Trinajstić information content (AvgIpc) is 3.35. The molecule has 30 heavy (non-hydrogen) atoms. The van der Waals surface area contributed by atoms with E-state index < -0.39 is 0 Å². The molecular formula is C21H18ClN3O2S3. The van der Waals surface area contributed by atoms with E-state index in [1.165, 1.54) is 27.7 Å². The van der Waals surface area contributed by atoms with Crippen LogP contribution in [-0.4, -0.2) is 21.2 Å². The van der Waals surface area contributed by atoms with Gasteiger partial charge in [-0.05, 0) is 42.5 Å². The van der Waals surface area contributed by atoms with Gasteiger partial charge >= 0.3 is 0 Å². The Hall–Kier alpha value is -2.13. The van der Waals surface area contributed by atoms with Gasteiger partial charge in [-0.25, -0.2) is 4.98 Å². The van der Waals surface area contributed by atoms with Crippen LogP contribution < -0.4 is 10.9 Å². The molecule has 0 spiro atoms. The first kappa shape index (κ1) is 21.1. The zero-order valence-corrected chi connectivity index (χ0v) is 19.7. The zero-order valence-electron chi connectivity index (χ0n) is 16.5. The highest BCUT2D eigenvalue weighted by molar-refractivity contribution is 7.99. The Morgan fingerprint density at radius 1 is 1.30 bits per heavy atom. The van der Waals surface area contributed by atoms with E-state index in [9.17, 15) is 9.59 Å². The number of carbonyl (C=O) groups excluding carboxylic acids is 1. The molecule has 154 valence electrons. The molecule has 0 aliphatic heterocycles. The Kier molecular flexibility index (Phi) is 6.02. The number of halogens is 1. The Morgan fingerprint density at radius 2 is 2.10 bits per heavy atom. The maximum Gasteiger partial charge on any atom is 0.263 e. The topological polar surface area (TPSA) is 64.0 Å². The highest BCUT2D eigenvalue weighted by atomic mass is 35.5. The summed E-state index contributed by atoms with van der Waals surface area (Å²) in [6.07, 6.45) is 0. The van der Waals surface area contributed by atoms with Gasteiger partial charge in [-0.3, -0.25) is 14.2 Å². The van der Waals surface area contributed by atoms with E-state index in [0.717, 1.165) is 21.6 Å². The summed E-state index contributed by atoms with van der Waals surface area (Å²) in [4.78, 5) is 31.8. The number of thioether (sulfide) groups is 1. The highest BCUT2D eigenvalue weighted by Gasteiger charge is 2.17. The number of rotatable bonds is 5. The summed E-state index contributed by atoms with van der Waals surface area (Å²) < 4.78 is 1.51. The number of benzene rings is 1. The predicted molar refractivity (Wildman–Crippen MR) is 128 cm³/mol. The smallest absolute Gasteiger partial charge is 0.263 e. The van der Waals surface area contributed by atoms with E-state index in [-0.39, 0.29) is 17.2 Å². The van der Waals surface area contributed by atoms with Crippen LogP contribution in [0.1, 0.15) is 11.1 Å². The minimum absolute atomic E-state index is 0.106. The molecule has 0 aliphatic rings. The van der Waals surface area contributed by atoms with Gasteiger partial charge in [0.05, 0.1) is 21.8 Å². The van der Waals surface area contributed by atoms with Gasteiger partial charge in [0.25, 0.3) is 5.56 Å². The third-order valence-electron chi connectivity index (χ3n) is 4.59. The van der Waals surface area contributed by atoms with Crippen molar-refractivity contribution in [2.24, 2.45) is 7.05 Å². The summed E-state index contributed by atoms with van der Waals surface area (Å²) in [6.45, 7) is 3.86. The number of nitrogens with zero attached hydrogens (tertiary/aromatic N) is 2. The number of nitrogens with one attached hydrogen (secondary N) is 1. The Bertz CT molecular complexity index is 1290. The van der Waals surface area contributed by atoms with Crippen LogP contribution in [0.15, 0.2) is 45.0 Å². The van der Waals surface area contributed by atoms with Crippen molar-refractivity contribution < 1.29 is 4.79 Å². The van der Waals surface area contributed by atoms with Gasteiger partial charge in [0.2, 0.25) is 5.91 Å². The molecule has 0 aliphatic carbocycles. The lowest BCUT2D eigenvalue weighted by Crippen LogP contribution is -2.21. The third kappa shape index (κ3) is 4.05. The first-order chi connectivity index (χ1) is 14.3. The minimum atomic E-state index is -0.200. The Labute approximate surface area is 190 Å². The van der Waals surface area contributed by atoms with Crippen molar-refractivity contribution >= 4 is 67.8 Å². The van der Waals surface area contributed by atoms with Crippen LogP contribution in [0.3, 0.4) is 0 Å². The molecule has 0 fully saturated rings. The Morgan fingerprint density at radius 3 is 2.80 bits per heavy atom. The van der Waals surface area contributed by atoms with E-state index in [1.807, 2.05) is 48.9 Å². The van der Waals surface area contributed by atoms with Crippen LogP contribution in [0.2, 0.25) is 5.02 Å². The molecule has 9 heteroatoms. The van der Waals surface area contributed by atoms with Gasteiger partial charge in [0.1, 0.15) is 4.83 Å². The number of fused-ring (bicyclic) bond motifs is 1. The summed E-state index contributed by atoms with van der Waals surface area (Å²) in [6, 6.07) is 7.75. The number of amides is 1. The number of aromatic nitrogens is 2. The number of carbonyl (C=O) groups is 1. The number of hydrogen-bond donors (Lipinski definition) is 1. The molecule has 4 rings (SSSR count). The first-order valence-electron chi connectivity index (χ1n) is 9.06. The molecule has 0 saturated carbocycles. The molecule has 3 heterocycles. The zero-order chi connectivity index (χ0) is 21.4. The van der Waals surface area contributed by atoms with Crippen LogP contribution in [0.25, 0.3) is 20.7 Å². The predicted octanol–water partition coefficient (Wildman–Crippen LogP) is 5.72. The van der Waals surface area contributed by atoms with E-state index in [1.54, 1.807) is 18.4 Å². The van der Waals surface area contributed by atoms with Crippen molar-refractivity contribution in [1.82, 2.24) is 9.55 Å². The maximum atomic E-state index is 13.0. The second-order valence-corrected chi connectivity index (χ2v) is 10.00. The van der Waals surface area contributed by atoms with Crippen LogP contribution in [0.5, 0.6) is 0 Å². The van der Waals surface area contributed by atoms with Gasteiger partial charge in [0, 0.05) is 22.9 Å². The van der Waals surface area contributed by atoms with E-state index in [0.29, 0.717) is 26.1 Å². The third-order valence-corrected chi connectivity index (χ3v) is 7.69. The van der Waals surface area contributed by atoms with Crippen LogP contribution in [0.4, 0.5) is 5.69 Å². The summed E-state index contributed by atoms with van der Waals surface area (Å²) >= 11 is 10.5. The average molecular weight is 476 g/mol. The van der Waals surface area contributed by atoms with Crippen LogP contribution in [-0.2, 0) is 11.8 Å². The van der Waals surface area contributed by atoms with Gasteiger partial charge in [-0.2, -0.15) is 0 Å². The lowest BCUT2D eigenvalue weighted by molar-refractivity contribution is -0.113. The molecule has 0 radical (unpaired) electrons. The molecular weight excluding hydrogens is 458 g/mol. The fraction of sp³-hybridized carbons (Fsp3) is 0.190. The van der Waals surface area contributed by atoms with Gasteiger partial charge in [0.15, 0.2) is 5.16 Å². The summed E-state index contributed by atoms with van der Waals surface area (Å²) in [5.74, 6) is -0.0767. The number of hydrogen-bond acceptors (Lipinski definition) is 6. The van der Waals surface area contributed by atoms with E-state index in [4.69, 9.17) is 11.6 Å². The van der Waals surface area contributed by atoms with Crippen LogP contribution >= 0.6 is 46.0 Å². The van der Waals surface area contributed by atoms with Crippen molar-refractivity contribution in [3.63, 3.8) is 0 Å². The highest BCUT2D eigenvalue weighted by Crippen LogP contribution is 2.34. The van der Waals surface area contributed by atoms with E-state index in [2.05, 4.69) is 10.3 Å². The number of anilines is 1. The first-order valence-corrected chi connectivity index (χ1v) is 12.2. The SMILES string of the molecule is Cc1cc(C)c(NC(=O)CSc2nc3scc(-c4cccs4)c3c(=O)n2C)c(Cl)c1. The molecule has 3 aromatic heterocycles. The molecule has 5 nitrogen and oxygen atoms in total. The molecule has 1 aromatic carbocycles. The molecule has 0 bridgehead atoms. The van der Waals surface area contributed by atoms with E-state index >= 15 is 0 Å². The molecule has 0 unspecified atom stereocenters. The second kappa shape index (κ2) is 8.55. The molecule has 1 N–H and O–H groups in total. The van der Waals surface area contributed by atoms with Crippen molar-refractivity contribution in [2.75, 3.05) is 11.1 Å². The summed E-state index contributed by atoms with van der Waals surface area (Å²) in [5, 5.41) is 8.47. The standard InChI is InChI=1S/C21H18ClN3O2S3/c1-11-7-12(2)18(14(22)8-11)23-16(26)10-30-21-24-19-17(20(27)25(21)3)13(9-29-19)15-5-4-6-28-15/h4-9H,10H2,1-3H3,(H,23,26). The lowest BCUT2D eigenvalue weighted by atomic mass is 10.1. The van der Waals surface area contributed by atoms with Crippen LogP contribution in [0, 0.1) is 13.8 Å². The normalized spacial score (nSPS) is 11.2.